The van der Waals surface area contributed by atoms with Crippen molar-refractivity contribution in [2.24, 2.45) is 23.7 Å². The zero-order valence-corrected chi connectivity index (χ0v) is 30.4. The van der Waals surface area contributed by atoms with Gasteiger partial charge in [0.1, 0.15) is 19.4 Å². The van der Waals surface area contributed by atoms with Crippen LogP contribution >= 0.6 is 0 Å². The van der Waals surface area contributed by atoms with Crippen molar-refractivity contribution in [3.63, 3.8) is 0 Å². The van der Waals surface area contributed by atoms with Crippen LogP contribution in [0.2, 0.25) is 0 Å². The molecule has 0 saturated heterocycles. The summed E-state index contributed by atoms with van der Waals surface area (Å²) < 4.78 is 133. The lowest BCUT2D eigenvalue weighted by Gasteiger charge is -2.31. The number of halogens is 8. The zero-order chi connectivity index (χ0) is 37.6. The Labute approximate surface area is 303 Å². The third kappa shape index (κ3) is 11.8. The van der Waals surface area contributed by atoms with Crippen molar-refractivity contribution in [1.82, 2.24) is 0 Å². The van der Waals surface area contributed by atoms with Crippen molar-refractivity contribution >= 4 is 0 Å². The van der Waals surface area contributed by atoms with Crippen molar-refractivity contribution in [3.05, 3.63) is 65.2 Å². The van der Waals surface area contributed by atoms with E-state index in [-0.39, 0.29) is 12.4 Å². The molecule has 0 aliphatic heterocycles. The molecule has 2 aliphatic carbocycles. The van der Waals surface area contributed by atoms with Crippen LogP contribution in [0.25, 0.3) is 0 Å². The van der Waals surface area contributed by atoms with E-state index in [1.807, 2.05) is 6.92 Å². The molecule has 4 atom stereocenters. The Hall–Kier alpha value is -2.98. The lowest BCUT2D eigenvalue weighted by Crippen LogP contribution is -2.33. The molecule has 0 aromatic heterocycles. The molecule has 4 rings (SSSR count). The third-order valence-electron chi connectivity index (χ3n) is 10.6. The minimum absolute atomic E-state index is 0.152. The lowest BCUT2D eigenvalue weighted by atomic mass is 9.77. The number of alkyl halides is 4. The van der Waals surface area contributed by atoms with Crippen LogP contribution in [0.5, 0.6) is 17.2 Å². The second-order valence-electron chi connectivity index (χ2n) is 14.5. The van der Waals surface area contributed by atoms with Gasteiger partial charge in [0.2, 0.25) is 17.5 Å². The van der Waals surface area contributed by atoms with Crippen LogP contribution in [0.3, 0.4) is 0 Å². The second kappa shape index (κ2) is 21.0. The van der Waals surface area contributed by atoms with Crippen LogP contribution in [-0.2, 0) is 0 Å². The Balaban J connectivity index is 1.20. The number of hydrogen-bond acceptors (Lipinski definition) is 3. The van der Waals surface area contributed by atoms with E-state index >= 15 is 4.39 Å². The number of rotatable bonds is 20. The molecule has 0 radical (unpaired) electrons. The quantitative estimate of drug-likeness (QED) is 0.0767. The zero-order valence-electron chi connectivity index (χ0n) is 30.4. The fourth-order valence-electron chi connectivity index (χ4n) is 7.26. The average Bonchev–Trinajstić information content (AvgIpc) is 3.16. The number of allylic oxidation sites excluding steroid dienone is 2. The summed E-state index contributed by atoms with van der Waals surface area (Å²) in [6.45, 7) is 2.23. The van der Waals surface area contributed by atoms with E-state index in [9.17, 15) is 30.7 Å². The van der Waals surface area contributed by atoms with E-state index in [0.29, 0.717) is 31.1 Å². The first-order valence-corrected chi connectivity index (χ1v) is 19.1. The maximum Gasteiger partial charge on any atom is 0.204 e. The van der Waals surface area contributed by atoms with Crippen LogP contribution in [0.15, 0.2) is 36.4 Å². The summed E-state index contributed by atoms with van der Waals surface area (Å²) in [4.78, 5) is 0. The van der Waals surface area contributed by atoms with Gasteiger partial charge in [-0.05, 0) is 106 Å². The first-order chi connectivity index (χ1) is 25.0. The van der Waals surface area contributed by atoms with E-state index in [1.165, 1.54) is 51.4 Å². The molecule has 2 aromatic carbocycles. The Bertz CT molecular complexity index is 1390. The summed E-state index contributed by atoms with van der Waals surface area (Å²) in [6.07, 6.45) is 9.34. The topological polar surface area (TPSA) is 27.7 Å². The highest BCUT2D eigenvalue weighted by Crippen LogP contribution is 2.38. The number of benzene rings is 2. The van der Waals surface area contributed by atoms with E-state index < -0.39 is 84.1 Å². The van der Waals surface area contributed by atoms with Crippen LogP contribution in [0.4, 0.5) is 35.1 Å². The normalized spacial score (nSPS) is 23.3. The van der Waals surface area contributed by atoms with Crippen LogP contribution in [0, 0.1) is 46.9 Å². The molecular weight excluding hydrogens is 692 g/mol. The monoisotopic (exact) mass is 746 g/mol. The number of hydrogen-bond donors (Lipinski definition) is 0. The molecule has 0 amide bonds. The highest BCUT2D eigenvalue weighted by molar-refractivity contribution is 5.35. The summed E-state index contributed by atoms with van der Waals surface area (Å²) in [7, 11) is 0. The standard InChI is InChI=1S/C41H54F8O3/c1-3-5-7-8-26-9-11-27(12-10-26)13-14-28-15-17-29(18-16-28)36(44)31(42)24-51-34-20-19-30(38(46)39(34)47)37(45)32(43)25-52-35-22-21-33(40(48)41(35)49)50-23-6-4-2/h13-14,19-22,26-29,31-32,36-37H,3-12,15-18,23-25H2,1-2H3/b14-13+. The molecule has 0 N–H and O–H groups in total. The van der Waals surface area contributed by atoms with Crippen molar-refractivity contribution in [1.29, 1.82) is 0 Å². The maximum atomic E-state index is 15.1. The van der Waals surface area contributed by atoms with Crippen molar-refractivity contribution in [2.45, 2.75) is 128 Å². The molecule has 0 spiro atoms. The summed E-state index contributed by atoms with van der Waals surface area (Å²) in [5.41, 5.74) is -1.02. The first kappa shape index (κ1) is 41.8. The fraction of sp³-hybridized carbons (Fsp3) is 0.659. The average molecular weight is 747 g/mol. The van der Waals surface area contributed by atoms with Crippen molar-refractivity contribution in [2.75, 3.05) is 19.8 Å². The summed E-state index contributed by atoms with van der Waals surface area (Å²) in [6, 6.07) is 3.59. The van der Waals surface area contributed by atoms with E-state index in [1.54, 1.807) is 0 Å². The summed E-state index contributed by atoms with van der Waals surface area (Å²) in [5.74, 6) is -6.94. The molecular formula is C41H54F8O3. The van der Waals surface area contributed by atoms with E-state index in [4.69, 9.17) is 14.2 Å². The predicted octanol–water partition coefficient (Wildman–Crippen LogP) is 12.7. The summed E-state index contributed by atoms with van der Waals surface area (Å²) in [5, 5.41) is 0. The first-order valence-electron chi connectivity index (χ1n) is 19.1. The minimum Gasteiger partial charge on any atom is -0.490 e. The maximum absolute atomic E-state index is 15.1. The van der Waals surface area contributed by atoms with Gasteiger partial charge in [0, 0.05) is 5.56 Å². The van der Waals surface area contributed by atoms with Gasteiger partial charge in [-0.25, -0.2) is 22.0 Å². The molecule has 11 heteroatoms. The molecule has 3 nitrogen and oxygen atoms in total. The SMILES string of the molecule is CCCCCC1CCC(/C=C/C2CCC(C(F)C(F)COc3ccc(C(F)C(F)COc4ccc(OCCCC)c(F)c4F)c(F)c3F)CC2)CC1. The second-order valence-corrected chi connectivity index (χ2v) is 14.5. The van der Waals surface area contributed by atoms with Gasteiger partial charge < -0.3 is 14.2 Å². The van der Waals surface area contributed by atoms with Crippen LogP contribution < -0.4 is 14.2 Å². The Morgan fingerprint density at radius 3 is 1.67 bits per heavy atom. The smallest absolute Gasteiger partial charge is 0.204 e. The van der Waals surface area contributed by atoms with Gasteiger partial charge in [0.05, 0.1) is 6.61 Å². The van der Waals surface area contributed by atoms with Gasteiger partial charge in [-0.15, -0.1) is 0 Å². The predicted molar refractivity (Wildman–Crippen MR) is 187 cm³/mol. The van der Waals surface area contributed by atoms with Gasteiger partial charge in [-0.3, -0.25) is 0 Å². The third-order valence-corrected chi connectivity index (χ3v) is 10.6. The molecule has 0 heterocycles. The Morgan fingerprint density at radius 2 is 1.10 bits per heavy atom. The number of ether oxygens (including phenoxy) is 3. The fourth-order valence-corrected chi connectivity index (χ4v) is 7.26. The lowest BCUT2D eigenvalue weighted by molar-refractivity contribution is 0.0514. The van der Waals surface area contributed by atoms with Crippen LogP contribution in [0.1, 0.15) is 115 Å². The molecule has 2 fully saturated rings. The largest absolute Gasteiger partial charge is 0.490 e. The van der Waals surface area contributed by atoms with Gasteiger partial charge >= 0.3 is 0 Å². The minimum atomic E-state index is -2.75. The van der Waals surface area contributed by atoms with Gasteiger partial charge in [0.15, 0.2) is 41.6 Å². The molecule has 4 unspecified atom stereocenters. The van der Waals surface area contributed by atoms with Crippen LogP contribution in [-0.4, -0.2) is 38.3 Å². The van der Waals surface area contributed by atoms with E-state index in [2.05, 4.69) is 19.1 Å². The van der Waals surface area contributed by atoms with Gasteiger partial charge in [-0.2, -0.15) is 13.2 Å². The highest BCUT2D eigenvalue weighted by Gasteiger charge is 2.34. The molecule has 2 aliphatic rings. The highest BCUT2D eigenvalue weighted by atomic mass is 19.2. The summed E-state index contributed by atoms with van der Waals surface area (Å²) >= 11 is 0. The molecule has 2 aromatic rings. The molecule has 292 valence electrons. The van der Waals surface area contributed by atoms with E-state index in [0.717, 1.165) is 49.4 Å². The molecule has 52 heavy (non-hydrogen) atoms. The van der Waals surface area contributed by atoms with Gasteiger partial charge in [-0.1, -0.05) is 58.1 Å². The molecule has 2 saturated carbocycles. The van der Waals surface area contributed by atoms with Crippen molar-refractivity contribution in [3.8, 4) is 17.2 Å². The van der Waals surface area contributed by atoms with Crippen molar-refractivity contribution < 1.29 is 49.3 Å². The Kier molecular flexibility index (Phi) is 16.9. The molecule has 0 bridgehead atoms. The van der Waals surface area contributed by atoms with Gasteiger partial charge in [0.25, 0.3) is 0 Å². The Morgan fingerprint density at radius 1 is 0.596 bits per heavy atom. The number of unbranched alkanes of at least 4 members (excludes halogenated alkanes) is 3.